The zero-order valence-electron chi connectivity index (χ0n) is 18.3. The normalized spacial score (nSPS) is 16.5. The molecule has 1 amide bonds. The molecule has 0 aliphatic carbocycles. The van der Waals surface area contributed by atoms with E-state index in [-0.39, 0.29) is 5.91 Å². The molecule has 7 nitrogen and oxygen atoms in total. The largest absolute Gasteiger partial charge is 0.379 e. The lowest BCUT2D eigenvalue weighted by atomic mass is 10.0. The summed E-state index contributed by atoms with van der Waals surface area (Å²) in [5.41, 5.74) is 1.77. The number of nitrogens with one attached hydrogen (secondary N) is 3. The highest BCUT2D eigenvalue weighted by atomic mass is 16.5. The van der Waals surface area contributed by atoms with Gasteiger partial charge in [0, 0.05) is 51.4 Å². The molecule has 1 fully saturated rings. The second-order valence-electron chi connectivity index (χ2n) is 7.94. The number of aryl methyl sites for hydroxylation is 1. The number of ether oxygens (including phenoxy) is 1. The van der Waals surface area contributed by atoms with Crippen LogP contribution in [0.5, 0.6) is 0 Å². The van der Waals surface area contributed by atoms with Crippen molar-refractivity contribution >= 4 is 11.9 Å². The molecule has 0 bridgehead atoms. The number of amides is 1. The lowest BCUT2D eigenvalue weighted by Crippen LogP contribution is -2.51. The molecule has 162 valence electrons. The maximum atomic E-state index is 12.2. The van der Waals surface area contributed by atoms with Crippen molar-refractivity contribution in [3.8, 4) is 0 Å². The minimum Gasteiger partial charge on any atom is -0.379 e. The van der Waals surface area contributed by atoms with Crippen LogP contribution in [0, 0.1) is 12.8 Å². The van der Waals surface area contributed by atoms with Crippen molar-refractivity contribution in [3.63, 3.8) is 0 Å². The van der Waals surface area contributed by atoms with Gasteiger partial charge in [-0.25, -0.2) is 0 Å². The average Bonchev–Trinajstić information content (AvgIpc) is 2.72. The van der Waals surface area contributed by atoms with Crippen LogP contribution in [0.25, 0.3) is 0 Å². The van der Waals surface area contributed by atoms with Gasteiger partial charge in [-0.05, 0) is 31.4 Å². The lowest BCUT2D eigenvalue weighted by molar-refractivity contribution is 0.0132. The van der Waals surface area contributed by atoms with E-state index in [2.05, 4.69) is 39.7 Å². The van der Waals surface area contributed by atoms with E-state index < -0.39 is 0 Å². The molecule has 0 saturated carbocycles. The van der Waals surface area contributed by atoms with E-state index in [0.717, 1.165) is 50.8 Å². The van der Waals surface area contributed by atoms with Gasteiger partial charge in [0.25, 0.3) is 5.91 Å². The van der Waals surface area contributed by atoms with Crippen molar-refractivity contribution in [1.29, 1.82) is 0 Å². The maximum absolute atomic E-state index is 12.2. The summed E-state index contributed by atoms with van der Waals surface area (Å²) in [6.45, 7) is 12.1. The number of guanidine groups is 1. The van der Waals surface area contributed by atoms with E-state index in [9.17, 15) is 4.79 Å². The number of benzene rings is 1. The van der Waals surface area contributed by atoms with Crippen molar-refractivity contribution in [1.82, 2.24) is 20.9 Å². The summed E-state index contributed by atoms with van der Waals surface area (Å²) >= 11 is 0. The SMILES string of the molecule is CN=C(NCCNC(=O)c1cccc(C)c1)NCC(CC(C)C)N1CCOCC1. The Morgan fingerprint density at radius 2 is 1.90 bits per heavy atom. The molecule has 1 unspecified atom stereocenters. The van der Waals surface area contributed by atoms with E-state index >= 15 is 0 Å². The number of hydrogen-bond acceptors (Lipinski definition) is 4. The maximum Gasteiger partial charge on any atom is 0.251 e. The van der Waals surface area contributed by atoms with Crippen molar-refractivity contribution in [2.24, 2.45) is 10.9 Å². The Kier molecular flexibility index (Phi) is 9.94. The Bertz CT molecular complexity index is 656. The first-order chi connectivity index (χ1) is 14.0. The van der Waals surface area contributed by atoms with Crippen LogP contribution in [-0.2, 0) is 4.74 Å². The van der Waals surface area contributed by atoms with Crippen LogP contribution in [0.1, 0.15) is 36.2 Å². The van der Waals surface area contributed by atoms with Gasteiger partial charge in [0.2, 0.25) is 0 Å². The highest BCUT2D eigenvalue weighted by molar-refractivity contribution is 5.94. The van der Waals surface area contributed by atoms with Crippen molar-refractivity contribution in [2.45, 2.75) is 33.2 Å². The summed E-state index contributed by atoms with van der Waals surface area (Å²) in [5, 5.41) is 9.67. The van der Waals surface area contributed by atoms with Crippen molar-refractivity contribution in [2.75, 3.05) is 53.0 Å². The number of hydrogen-bond donors (Lipinski definition) is 3. The van der Waals surface area contributed by atoms with Crippen molar-refractivity contribution in [3.05, 3.63) is 35.4 Å². The van der Waals surface area contributed by atoms with Gasteiger partial charge in [-0.2, -0.15) is 0 Å². The van der Waals surface area contributed by atoms with Crippen LogP contribution in [0.15, 0.2) is 29.3 Å². The summed E-state index contributed by atoms with van der Waals surface area (Å²) < 4.78 is 5.49. The van der Waals surface area contributed by atoms with E-state index in [4.69, 9.17) is 4.74 Å². The van der Waals surface area contributed by atoms with Crippen LogP contribution >= 0.6 is 0 Å². The van der Waals surface area contributed by atoms with Crippen LogP contribution in [-0.4, -0.2) is 75.8 Å². The predicted molar refractivity (Wildman–Crippen MR) is 119 cm³/mol. The van der Waals surface area contributed by atoms with Gasteiger partial charge in [-0.1, -0.05) is 31.5 Å². The summed E-state index contributed by atoms with van der Waals surface area (Å²) in [7, 11) is 1.77. The Labute approximate surface area is 175 Å². The molecule has 2 rings (SSSR count). The van der Waals surface area contributed by atoms with Gasteiger partial charge in [-0.15, -0.1) is 0 Å². The van der Waals surface area contributed by atoms with Crippen LogP contribution in [0.4, 0.5) is 0 Å². The zero-order chi connectivity index (χ0) is 21.1. The number of carbonyl (C=O) groups is 1. The number of rotatable bonds is 9. The molecule has 1 aliphatic heterocycles. The van der Waals surface area contributed by atoms with Gasteiger partial charge in [0.1, 0.15) is 0 Å². The topological polar surface area (TPSA) is 78.0 Å². The fraction of sp³-hybridized carbons (Fsp3) is 0.636. The van der Waals surface area contributed by atoms with Gasteiger partial charge < -0.3 is 20.7 Å². The number of nitrogens with zero attached hydrogens (tertiary/aromatic N) is 2. The van der Waals surface area contributed by atoms with E-state index in [1.807, 2.05) is 31.2 Å². The summed E-state index contributed by atoms with van der Waals surface area (Å²) in [4.78, 5) is 19.0. The quantitative estimate of drug-likeness (QED) is 0.332. The third kappa shape index (κ3) is 8.41. The van der Waals surface area contributed by atoms with Gasteiger partial charge in [-0.3, -0.25) is 14.7 Å². The number of morpholine rings is 1. The molecule has 7 heteroatoms. The molecule has 1 aromatic carbocycles. The van der Waals surface area contributed by atoms with Gasteiger partial charge in [0.15, 0.2) is 5.96 Å². The van der Waals surface area contributed by atoms with Crippen LogP contribution in [0.2, 0.25) is 0 Å². The first kappa shape index (κ1) is 23.2. The minimum absolute atomic E-state index is 0.0530. The third-order valence-corrected chi connectivity index (χ3v) is 5.02. The monoisotopic (exact) mass is 403 g/mol. The number of carbonyl (C=O) groups excluding carboxylic acids is 1. The predicted octanol–water partition coefficient (Wildman–Crippen LogP) is 1.64. The molecule has 0 spiro atoms. The second kappa shape index (κ2) is 12.4. The minimum atomic E-state index is -0.0530. The molecule has 29 heavy (non-hydrogen) atoms. The molecule has 0 aromatic heterocycles. The van der Waals surface area contributed by atoms with E-state index in [0.29, 0.717) is 30.6 Å². The molecule has 1 saturated heterocycles. The summed E-state index contributed by atoms with van der Waals surface area (Å²) in [5.74, 6) is 1.34. The molecule has 1 atom stereocenters. The Morgan fingerprint density at radius 1 is 1.17 bits per heavy atom. The molecular weight excluding hydrogens is 366 g/mol. The van der Waals surface area contributed by atoms with Gasteiger partial charge in [0.05, 0.1) is 13.2 Å². The standard InChI is InChI=1S/C22H37N5O2/c1-17(2)14-20(27-10-12-29-13-11-27)16-26-22(23-4)25-9-8-24-21(28)19-7-5-6-18(3)15-19/h5-7,15,17,20H,8-14,16H2,1-4H3,(H,24,28)(H2,23,25,26). The fourth-order valence-electron chi connectivity index (χ4n) is 3.53. The van der Waals surface area contributed by atoms with Gasteiger partial charge >= 0.3 is 0 Å². The second-order valence-corrected chi connectivity index (χ2v) is 7.94. The fourth-order valence-corrected chi connectivity index (χ4v) is 3.53. The van der Waals surface area contributed by atoms with Crippen LogP contribution < -0.4 is 16.0 Å². The lowest BCUT2D eigenvalue weighted by Gasteiger charge is -2.35. The van der Waals surface area contributed by atoms with Crippen LogP contribution in [0.3, 0.4) is 0 Å². The van der Waals surface area contributed by atoms with E-state index in [1.165, 1.54) is 0 Å². The first-order valence-corrected chi connectivity index (χ1v) is 10.6. The molecular formula is C22H37N5O2. The average molecular weight is 404 g/mol. The third-order valence-electron chi connectivity index (χ3n) is 5.02. The number of aliphatic imine (C=N–C) groups is 1. The smallest absolute Gasteiger partial charge is 0.251 e. The Hall–Kier alpha value is -2.12. The molecule has 1 aliphatic rings. The zero-order valence-corrected chi connectivity index (χ0v) is 18.3. The Balaban J connectivity index is 1.73. The molecule has 0 radical (unpaired) electrons. The molecule has 3 N–H and O–H groups in total. The van der Waals surface area contributed by atoms with E-state index in [1.54, 1.807) is 7.05 Å². The highest BCUT2D eigenvalue weighted by Crippen LogP contribution is 2.13. The highest BCUT2D eigenvalue weighted by Gasteiger charge is 2.22. The molecule has 1 aromatic rings. The Morgan fingerprint density at radius 3 is 2.55 bits per heavy atom. The summed E-state index contributed by atoms with van der Waals surface area (Å²) in [6, 6.07) is 8.06. The first-order valence-electron chi connectivity index (χ1n) is 10.6. The summed E-state index contributed by atoms with van der Waals surface area (Å²) in [6.07, 6.45) is 1.14. The van der Waals surface area contributed by atoms with Crippen molar-refractivity contribution < 1.29 is 9.53 Å². The molecule has 1 heterocycles.